The maximum atomic E-state index is 12.1. The Hall–Kier alpha value is -2.59. The third-order valence-electron chi connectivity index (χ3n) is 4.44. The summed E-state index contributed by atoms with van der Waals surface area (Å²) < 4.78 is 0. The van der Waals surface area contributed by atoms with E-state index in [0.29, 0.717) is 11.4 Å². The number of rotatable bonds is 5. The van der Waals surface area contributed by atoms with Crippen molar-refractivity contribution in [3.63, 3.8) is 0 Å². The summed E-state index contributed by atoms with van der Waals surface area (Å²) in [6, 6.07) is 14.9. The lowest BCUT2D eigenvalue weighted by atomic mass is 10.1. The van der Waals surface area contributed by atoms with Crippen molar-refractivity contribution < 1.29 is 9.59 Å². The van der Waals surface area contributed by atoms with Crippen molar-refractivity contribution in [3.05, 3.63) is 70.8 Å². The van der Waals surface area contributed by atoms with Crippen LogP contribution >= 0.6 is 11.6 Å². The van der Waals surface area contributed by atoms with Gasteiger partial charge in [-0.3, -0.25) is 9.59 Å². The number of benzene rings is 2. The molecular formula is C21H21ClN2O2. The average Bonchev–Trinajstić information content (AvgIpc) is 3.06. The van der Waals surface area contributed by atoms with Gasteiger partial charge in [0, 0.05) is 29.8 Å². The van der Waals surface area contributed by atoms with Gasteiger partial charge in [0.05, 0.1) is 6.04 Å². The van der Waals surface area contributed by atoms with Crippen LogP contribution in [-0.4, -0.2) is 18.4 Å². The van der Waals surface area contributed by atoms with E-state index >= 15 is 0 Å². The second-order valence-electron chi connectivity index (χ2n) is 6.33. The van der Waals surface area contributed by atoms with Crippen LogP contribution in [0.1, 0.15) is 36.9 Å². The van der Waals surface area contributed by atoms with Crippen LogP contribution in [-0.2, 0) is 9.59 Å². The largest absolute Gasteiger partial charge is 0.346 e. The fraction of sp³-hybridized carbons (Fsp3) is 0.238. The predicted molar refractivity (Wildman–Crippen MR) is 105 cm³/mol. The van der Waals surface area contributed by atoms with E-state index < -0.39 is 0 Å². The Bertz CT molecular complexity index is 830. The Labute approximate surface area is 158 Å². The van der Waals surface area contributed by atoms with Crippen molar-refractivity contribution in [1.29, 1.82) is 0 Å². The Kier molecular flexibility index (Phi) is 5.74. The van der Waals surface area contributed by atoms with Crippen LogP contribution in [0.5, 0.6) is 0 Å². The molecule has 1 fully saturated rings. The van der Waals surface area contributed by atoms with Gasteiger partial charge in [-0.15, -0.1) is 0 Å². The molecule has 3 rings (SSSR count). The van der Waals surface area contributed by atoms with Gasteiger partial charge >= 0.3 is 0 Å². The maximum absolute atomic E-state index is 12.1. The van der Waals surface area contributed by atoms with Crippen molar-refractivity contribution in [2.75, 3.05) is 11.4 Å². The number of halogens is 1. The van der Waals surface area contributed by atoms with Gasteiger partial charge in [-0.25, -0.2) is 0 Å². The van der Waals surface area contributed by atoms with Crippen molar-refractivity contribution in [3.8, 4) is 0 Å². The van der Waals surface area contributed by atoms with Crippen LogP contribution < -0.4 is 10.2 Å². The van der Waals surface area contributed by atoms with Gasteiger partial charge in [0.15, 0.2) is 0 Å². The van der Waals surface area contributed by atoms with Crippen LogP contribution in [0.4, 0.5) is 5.69 Å². The van der Waals surface area contributed by atoms with E-state index in [1.807, 2.05) is 55.5 Å². The van der Waals surface area contributed by atoms with Gasteiger partial charge in [0.2, 0.25) is 11.8 Å². The first-order valence-electron chi connectivity index (χ1n) is 8.68. The number of carbonyl (C=O) groups excluding carboxylic acids is 2. The van der Waals surface area contributed by atoms with Gasteiger partial charge in [-0.1, -0.05) is 41.9 Å². The molecular weight excluding hydrogens is 348 g/mol. The number of amides is 2. The number of hydrogen-bond donors (Lipinski definition) is 1. The quantitative estimate of drug-likeness (QED) is 0.797. The molecule has 1 saturated heterocycles. The summed E-state index contributed by atoms with van der Waals surface area (Å²) >= 11 is 6.16. The lowest BCUT2D eigenvalue weighted by molar-refractivity contribution is -0.117. The second-order valence-corrected chi connectivity index (χ2v) is 6.73. The molecule has 2 amide bonds. The zero-order chi connectivity index (χ0) is 18.5. The smallest absolute Gasteiger partial charge is 0.244 e. The molecule has 0 bridgehead atoms. The number of nitrogens with one attached hydrogen (secondary N) is 1. The van der Waals surface area contributed by atoms with E-state index in [0.717, 1.165) is 29.8 Å². The summed E-state index contributed by atoms with van der Waals surface area (Å²) in [5.41, 5.74) is 2.69. The van der Waals surface area contributed by atoms with Crippen LogP contribution in [0.3, 0.4) is 0 Å². The molecule has 0 spiro atoms. The average molecular weight is 369 g/mol. The van der Waals surface area contributed by atoms with E-state index in [1.165, 1.54) is 6.08 Å². The molecule has 4 nitrogen and oxygen atoms in total. The molecule has 134 valence electrons. The first-order chi connectivity index (χ1) is 12.5. The van der Waals surface area contributed by atoms with Crippen LogP contribution in [0, 0.1) is 0 Å². The molecule has 0 radical (unpaired) electrons. The van der Waals surface area contributed by atoms with Gasteiger partial charge in [0.1, 0.15) is 0 Å². The van der Waals surface area contributed by atoms with Gasteiger partial charge < -0.3 is 10.2 Å². The van der Waals surface area contributed by atoms with E-state index in [2.05, 4.69) is 5.32 Å². The maximum Gasteiger partial charge on any atom is 0.244 e. The summed E-state index contributed by atoms with van der Waals surface area (Å²) in [5, 5.41) is 3.54. The van der Waals surface area contributed by atoms with Crippen molar-refractivity contribution in [2.45, 2.75) is 25.8 Å². The van der Waals surface area contributed by atoms with Crippen LogP contribution in [0.15, 0.2) is 54.6 Å². The fourth-order valence-electron chi connectivity index (χ4n) is 3.02. The molecule has 5 heteroatoms. The number of nitrogens with zero attached hydrogens (tertiary/aromatic N) is 1. The van der Waals surface area contributed by atoms with Gasteiger partial charge in [0.25, 0.3) is 0 Å². The highest BCUT2D eigenvalue weighted by molar-refractivity contribution is 6.31. The summed E-state index contributed by atoms with van der Waals surface area (Å²) in [5.74, 6) is -0.0163. The highest BCUT2D eigenvalue weighted by Crippen LogP contribution is 2.23. The van der Waals surface area contributed by atoms with E-state index in [4.69, 9.17) is 11.6 Å². The van der Waals surface area contributed by atoms with Crippen LogP contribution in [0.25, 0.3) is 6.08 Å². The minimum atomic E-state index is -0.184. The molecule has 26 heavy (non-hydrogen) atoms. The molecule has 1 aliphatic rings. The SMILES string of the molecule is CC(NC(=O)/C=C/c1ccc(N2CCCC2=O)cc1)c1ccccc1Cl. The van der Waals surface area contributed by atoms with Crippen LogP contribution in [0.2, 0.25) is 5.02 Å². The van der Waals surface area contributed by atoms with Gasteiger partial charge in [-0.05, 0) is 48.7 Å². The molecule has 1 aliphatic heterocycles. The molecule has 1 heterocycles. The summed E-state index contributed by atoms with van der Waals surface area (Å²) in [6.45, 7) is 2.67. The molecule has 1 unspecified atom stereocenters. The van der Waals surface area contributed by atoms with E-state index in [1.54, 1.807) is 11.0 Å². The zero-order valence-corrected chi connectivity index (χ0v) is 15.4. The number of hydrogen-bond acceptors (Lipinski definition) is 2. The molecule has 0 aromatic heterocycles. The minimum absolute atomic E-state index is 0.168. The highest BCUT2D eigenvalue weighted by atomic mass is 35.5. The molecule has 0 aliphatic carbocycles. The summed E-state index contributed by atoms with van der Waals surface area (Å²) in [6.07, 6.45) is 4.78. The monoisotopic (exact) mass is 368 g/mol. The Morgan fingerprint density at radius 1 is 1.19 bits per heavy atom. The normalized spacial score (nSPS) is 15.5. The fourth-order valence-corrected chi connectivity index (χ4v) is 3.32. The molecule has 1 N–H and O–H groups in total. The Morgan fingerprint density at radius 3 is 2.58 bits per heavy atom. The summed E-state index contributed by atoms with van der Waals surface area (Å²) in [7, 11) is 0. The Morgan fingerprint density at radius 2 is 1.92 bits per heavy atom. The van der Waals surface area contributed by atoms with Crippen molar-refractivity contribution in [1.82, 2.24) is 5.32 Å². The number of carbonyl (C=O) groups is 2. The molecule has 2 aromatic carbocycles. The predicted octanol–water partition coefficient (Wildman–Crippen LogP) is 4.36. The zero-order valence-electron chi connectivity index (χ0n) is 14.6. The topological polar surface area (TPSA) is 49.4 Å². The van der Waals surface area contributed by atoms with E-state index in [-0.39, 0.29) is 17.9 Å². The first kappa shape index (κ1) is 18.2. The van der Waals surface area contributed by atoms with E-state index in [9.17, 15) is 9.59 Å². The third kappa shape index (κ3) is 4.33. The number of anilines is 1. The molecule has 2 aromatic rings. The Balaban J connectivity index is 1.59. The highest BCUT2D eigenvalue weighted by Gasteiger charge is 2.21. The standard InChI is InChI=1S/C21H21ClN2O2/c1-15(18-5-2-3-6-19(18)22)23-20(25)13-10-16-8-11-17(12-9-16)24-14-4-7-21(24)26/h2-3,5-6,8-13,15H,4,7,14H2,1H3,(H,23,25)/b13-10+. The lowest BCUT2D eigenvalue weighted by Gasteiger charge is -2.15. The first-order valence-corrected chi connectivity index (χ1v) is 9.06. The minimum Gasteiger partial charge on any atom is -0.346 e. The summed E-state index contributed by atoms with van der Waals surface area (Å²) in [4.78, 5) is 25.7. The molecule has 0 saturated carbocycles. The molecule has 1 atom stereocenters. The van der Waals surface area contributed by atoms with Crippen molar-refractivity contribution >= 4 is 35.2 Å². The lowest BCUT2D eigenvalue weighted by Crippen LogP contribution is -2.24. The third-order valence-corrected chi connectivity index (χ3v) is 4.78. The van der Waals surface area contributed by atoms with Gasteiger partial charge in [-0.2, -0.15) is 0 Å². The van der Waals surface area contributed by atoms with Crippen molar-refractivity contribution in [2.24, 2.45) is 0 Å². The second kappa shape index (κ2) is 8.19.